The fourth-order valence-corrected chi connectivity index (χ4v) is 5.00. The molecule has 0 aliphatic heterocycles. The summed E-state index contributed by atoms with van der Waals surface area (Å²) in [6, 6.07) is 10.6. The molecule has 0 saturated heterocycles. The second kappa shape index (κ2) is 9.64. The number of carbonyl (C=O) groups is 2. The highest BCUT2D eigenvalue weighted by molar-refractivity contribution is 6.53. The molecule has 4 N–H and O–H groups in total. The maximum atomic E-state index is 14.1. The predicted molar refractivity (Wildman–Crippen MR) is 136 cm³/mol. The van der Waals surface area contributed by atoms with Crippen LogP contribution in [0.25, 0.3) is 0 Å². The standard InChI is InChI=1S/C23H14Cl5F2N3O2/c24-13-4-2-11(8-12(13)21(34)33-20-16(29)6-10(31)7-17(20)30)32-22(35)19-18(23(19,27)28)9-1-3-14(25)15(26)5-9/h1-8,18-19H,31H2,(H,32,35)(H,33,34)/t18-,19+/m0/s1. The summed E-state index contributed by atoms with van der Waals surface area (Å²) in [6.45, 7) is 0. The Morgan fingerprint density at radius 3 is 2.11 bits per heavy atom. The van der Waals surface area contributed by atoms with Crippen molar-refractivity contribution in [3.63, 3.8) is 0 Å². The normalized spacial score (nSPS) is 18.1. The lowest BCUT2D eigenvalue weighted by atomic mass is 10.1. The zero-order valence-corrected chi connectivity index (χ0v) is 21.1. The smallest absolute Gasteiger partial charge is 0.257 e. The summed E-state index contributed by atoms with van der Waals surface area (Å²) >= 11 is 30.8. The van der Waals surface area contributed by atoms with Crippen LogP contribution in [0.3, 0.4) is 0 Å². The van der Waals surface area contributed by atoms with E-state index in [9.17, 15) is 18.4 Å². The zero-order valence-electron chi connectivity index (χ0n) is 17.3. The molecule has 1 aliphatic carbocycles. The first-order valence-corrected chi connectivity index (χ1v) is 11.8. The molecule has 0 aromatic heterocycles. The Bertz CT molecular complexity index is 1350. The number of carbonyl (C=O) groups excluding carboxylic acids is 2. The topological polar surface area (TPSA) is 84.2 Å². The van der Waals surface area contributed by atoms with E-state index in [1.165, 1.54) is 18.2 Å². The third kappa shape index (κ3) is 5.15. The number of hydrogen-bond acceptors (Lipinski definition) is 3. The van der Waals surface area contributed by atoms with E-state index in [0.29, 0.717) is 15.6 Å². The summed E-state index contributed by atoms with van der Waals surface area (Å²) < 4.78 is 26.7. The number of halogens is 7. The average Bonchev–Trinajstić information content (AvgIpc) is 3.35. The molecule has 182 valence electrons. The van der Waals surface area contributed by atoms with Crippen molar-refractivity contribution in [2.24, 2.45) is 5.92 Å². The van der Waals surface area contributed by atoms with Gasteiger partial charge < -0.3 is 16.4 Å². The van der Waals surface area contributed by atoms with Gasteiger partial charge in [0.1, 0.15) is 10.0 Å². The minimum Gasteiger partial charge on any atom is -0.399 e. The number of nitrogens with one attached hydrogen (secondary N) is 2. The van der Waals surface area contributed by atoms with E-state index in [0.717, 1.165) is 12.1 Å². The van der Waals surface area contributed by atoms with Gasteiger partial charge in [0.2, 0.25) is 5.91 Å². The summed E-state index contributed by atoms with van der Waals surface area (Å²) in [6.07, 6.45) is 0. The lowest BCUT2D eigenvalue weighted by Crippen LogP contribution is -2.19. The van der Waals surface area contributed by atoms with Crippen LogP contribution in [0.5, 0.6) is 0 Å². The maximum Gasteiger partial charge on any atom is 0.257 e. The second-order valence-electron chi connectivity index (χ2n) is 7.80. The van der Waals surface area contributed by atoms with Crippen LogP contribution >= 0.6 is 58.0 Å². The van der Waals surface area contributed by atoms with E-state index in [4.69, 9.17) is 63.7 Å². The molecule has 4 rings (SSSR count). The summed E-state index contributed by atoms with van der Waals surface area (Å²) in [5.74, 6) is -4.91. The molecule has 0 spiro atoms. The van der Waals surface area contributed by atoms with Crippen LogP contribution in [-0.4, -0.2) is 16.1 Å². The van der Waals surface area contributed by atoms with Crippen LogP contribution in [-0.2, 0) is 4.79 Å². The van der Waals surface area contributed by atoms with Crippen molar-refractivity contribution >= 4 is 86.9 Å². The van der Waals surface area contributed by atoms with Gasteiger partial charge in [0, 0.05) is 17.3 Å². The number of hydrogen-bond donors (Lipinski definition) is 3. The molecule has 0 bridgehead atoms. The third-order valence-corrected chi connectivity index (χ3v) is 7.43. The highest BCUT2D eigenvalue weighted by Crippen LogP contribution is 2.65. The maximum absolute atomic E-state index is 14.1. The molecule has 1 saturated carbocycles. The van der Waals surface area contributed by atoms with Crippen molar-refractivity contribution < 1.29 is 18.4 Å². The minimum absolute atomic E-state index is 0.0131. The van der Waals surface area contributed by atoms with E-state index < -0.39 is 45.3 Å². The number of amides is 2. The number of nitrogens with two attached hydrogens (primary N) is 1. The van der Waals surface area contributed by atoms with Gasteiger partial charge in [0.15, 0.2) is 11.6 Å². The molecular formula is C23H14Cl5F2N3O2. The van der Waals surface area contributed by atoms with Crippen molar-refractivity contribution in [3.8, 4) is 0 Å². The Kier molecular flexibility index (Phi) is 7.10. The van der Waals surface area contributed by atoms with Gasteiger partial charge in [-0.2, -0.15) is 0 Å². The van der Waals surface area contributed by atoms with Crippen molar-refractivity contribution in [1.82, 2.24) is 0 Å². The first-order valence-electron chi connectivity index (χ1n) is 9.89. The lowest BCUT2D eigenvalue weighted by Gasteiger charge is -2.12. The molecule has 3 aromatic carbocycles. The van der Waals surface area contributed by atoms with Crippen LogP contribution in [0.4, 0.5) is 25.8 Å². The summed E-state index contributed by atoms with van der Waals surface area (Å²) in [7, 11) is 0. The van der Waals surface area contributed by atoms with Gasteiger partial charge in [-0.05, 0) is 48.0 Å². The lowest BCUT2D eigenvalue weighted by molar-refractivity contribution is -0.117. The first kappa shape index (κ1) is 25.8. The molecule has 3 aromatic rings. The fourth-order valence-electron chi connectivity index (χ4n) is 3.66. The van der Waals surface area contributed by atoms with Gasteiger partial charge >= 0.3 is 0 Å². The number of rotatable bonds is 5. The molecular weight excluding hydrogens is 566 g/mol. The molecule has 0 radical (unpaired) electrons. The van der Waals surface area contributed by atoms with Gasteiger partial charge in [-0.1, -0.05) is 40.9 Å². The second-order valence-corrected chi connectivity index (χ2v) is 10.5. The van der Waals surface area contributed by atoms with E-state index in [-0.39, 0.29) is 22.0 Å². The SMILES string of the molecule is Nc1cc(F)c(NC(=O)c2cc(NC(=O)[C@H]3[C@H](c4ccc(Cl)c(Cl)c4)C3(Cl)Cl)ccc2Cl)c(F)c1. The van der Waals surface area contributed by atoms with Crippen LogP contribution in [0.15, 0.2) is 48.5 Å². The third-order valence-electron chi connectivity index (χ3n) is 5.42. The van der Waals surface area contributed by atoms with Crippen LogP contribution in [0.1, 0.15) is 21.8 Å². The van der Waals surface area contributed by atoms with E-state index in [2.05, 4.69) is 10.6 Å². The molecule has 35 heavy (non-hydrogen) atoms. The van der Waals surface area contributed by atoms with Crippen molar-refractivity contribution in [1.29, 1.82) is 0 Å². The van der Waals surface area contributed by atoms with Gasteiger partial charge in [-0.25, -0.2) is 8.78 Å². The fraction of sp³-hybridized carbons (Fsp3) is 0.130. The number of nitrogen functional groups attached to an aromatic ring is 1. The van der Waals surface area contributed by atoms with Gasteiger partial charge in [-0.3, -0.25) is 9.59 Å². The Morgan fingerprint density at radius 2 is 1.49 bits per heavy atom. The van der Waals surface area contributed by atoms with Gasteiger partial charge in [-0.15, -0.1) is 23.2 Å². The van der Waals surface area contributed by atoms with Gasteiger partial charge in [0.25, 0.3) is 5.91 Å². The minimum atomic E-state index is -1.39. The quantitative estimate of drug-likeness (QED) is 0.219. The average molecular weight is 580 g/mol. The first-order chi connectivity index (χ1) is 16.4. The zero-order chi connectivity index (χ0) is 25.7. The van der Waals surface area contributed by atoms with E-state index >= 15 is 0 Å². The van der Waals surface area contributed by atoms with Crippen LogP contribution < -0.4 is 16.4 Å². The molecule has 1 aliphatic rings. The van der Waals surface area contributed by atoms with E-state index in [1.807, 2.05) is 0 Å². The summed E-state index contributed by atoms with van der Waals surface area (Å²) in [4.78, 5) is 25.6. The largest absolute Gasteiger partial charge is 0.399 e. The molecule has 2 amide bonds. The summed E-state index contributed by atoms with van der Waals surface area (Å²) in [5.41, 5.74) is 5.23. The summed E-state index contributed by atoms with van der Waals surface area (Å²) in [5, 5.41) is 5.38. The molecule has 5 nitrogen and oxygen atoms in total. The number of benzene rings is 3. The Morgan fingerprint density at radius 1 is 0.857 bits per heavy atom. The van der Waals surface area contributed by atoms with Gasteiger partial charge in [0.05, 0.1) is 26.5 Å². The molecule has 0 heterocycles. The van der Waals surface area contributed by atoms with Crippen molar-refractivity contribution in [2.75, 3.05) is 16.4 Å². The molecule has 12 heteroatoms. The molecule has 1 fully saturated rings. The van der Waals surface area contributed by atoms with Crippen LogP contribution in [0, 0.1) is 17.6 Å². The molecule has 0 unspecified atom stereocenters. The van der Waals surface area contributed by atoms with Crippen molar-refractivity contribution in [2.45, 2.75) is 10.3 Å². The Labute approximate surface area is 223 Å². The molecule has 2 atom stereocenters. The van der Waals surface area contributed by atoms with Crippen LogP contribution in [0.2, 0.25) is 15.1 Å². The highest BCUT2D eigenvalue weighted by atomic mass is 35.5. The Hall–Kier alpha value is -2.29. The predicted octanol–water partition coefficient (Wildman–Crippen LogP) is 7.29. The van der Waals surface area contributed by atoms with Crippen molar-refractivity contribution in [3.05, 3.63) is 86.4 Å². The van der Waals surface area contributed by atoms with E-state index in [1.54, 1.807) is 18.2 Å². The number of alkyl halides is 2. The Balaban J connectivity index is 1.52. The highest BCUT2D eigenvalue weighted by Gasteiger charge is 2.67. The monoisotopic (exact) mass is 577 g/mol. The number of anilines is 3.